The Labute approximate surface area is 139 Å². The molecule has 1 fully saturated rings. The van der Waals surface area contributed by atoms with Crippen molar-refractivity contribution in [1.29, 1.82) is 5.41 Å². The van der Waals surface area contributed by atoms with Crippen LogP contribution in [0.4, 0.5) is 0 Å². The Morgan fingerprint density at radius 2 is 1.77 bits per heavy atom. The van der Waals surface area contributed by atoms with Crippen LogP contribution < -0.4 is 5.32 Å². The molecule has 2 N–H and O–H groups in total. The van der Waals surface area contributed by atoms with E-state index in [1.807, 2.05) is 44.2 Å². The van der Waals surface area contributed by atoms with Crippen molar-refractivity contribution in [2.45, 2.75) is 39.5 Å². The van der Waals surface area contributed by atoms with Gasteiger partial charge in [0.1, 0.15) is 0 Å². The van der Waals surface area contributed by atoms with Crippen molar-refractivity contribution in [2.24, 2.45) is 0 Å². The van der Waals surface area contributed by atoms with Crippen molar-refractivity contribution in [3.63, 3.8) is 0 Å². The van der Waals surface area contributed by atoms with Crippen LogP contribution in [0.1, 0.15) is 44.2 Å². The number of rotatable bonds is 0. The number of halogens is 1. The quantitative estimate of drug-likeness (QED) is 0.671. The van der Waals surface area contributed by atoms with Crippen LogP contribution in [0.15, 0.2) is 36.4 Å². The SMILES string of the molecule is C1CCNCC1.C=C1C=Cc2cc(Cl)ccc2CC1=N.CC. The zero-order valence-corrected chi connectivity index (χ0v) is 14.5. The minimum Gasteiger partial charge on any atom is -0.317 e. The molecule has 120 valence electrons. The Morgan fingerprint density at radius 1 is 1.09 bits per heavy atom. The minimum atomic E-state index is 0.572. The van der Waals surface area contributed by atoms with Crippen molar-refractivity contribution >= 4 is 23.4 Å². The van der Waals surface area contributed by atoms with E-state index in [-0.39, 0.29) is 0 Å². The summed E-state index contributed by atoms with van der Waals surface area (Å²) < 4.78 is 0. The van der Waals surface area contributed by atoms with Crippen LogP contribution in [0.25, 0.3) is 6.08 Å². The van der Waals surface area contributed by atoms with Gasteiger partial charge in [0.05, 0.1) is 0 Å². The molecule has 0 unspecified atom stereocenters. The zero-order valence-electron chi connectivity index (χ0n) is 13.7. The van der Waals surface area contributed by atoms with Crippen molar-refractivity contribution in [3.8, 4) is 0 Å². The summed E-state index contributed by atoms with van der Waals surface area (Å²) in [5.41, 5.74) is 3.56. The Hall–Kier alpha value is -1.38. The highest BCUT2D eigenvalue weighted by molar-refractivity contribution is 6.30. The van der Waals surface area contributed by atoms with E-state index in [9.17, 15) is 0 Å². The highest BCUT2D eigenvalue weighted by atomic mass is 35.5. The molecule has 0 radical (unpaired) electrons. The third-order valence-corrected chi connectivity index (χ3v) is 3.77. The average molecular weight is 319 g/mol. The van der Waals surface area contributed by atoms with E-state index in [1.54, 1.807) is 0 Å². The molecule has 3 heteroatoms. The summed E-state index contributed by atoms with van der Waals surface area (Å²) in [6, 6.07) is 5.74. The molecule has 0 atom stereocenters. The summed E-state index contributed by atoms with van der Waals surface area (Å²) in [5, 5.41) is 11.7. The Morgan fingerprint density at radius 3 is 2.32 bits per heavy atom. The molecule has 1 aliphatic heterocycles. The largest absolute Gasteiger partial charge is 0.317 e. The predicted molar refractivity (Wildman–Crippen MR) is 99.1 cm³/mol. The van der Waals surface area contributed by atoms with Gasteiger partial charge in [-0.1, -0.05) is 56.7 Å². The fraction of sp³-hybridized carbons (Fsp3) is 0.421. The number of hydrogen-bond donors (Lipinski definition) is 2. The molecule has 1 aliphatic carbocycles. The van der Waals surface area contributed by atoms with Crippen molar-refractivity contribution in [3.05, 3.63) is 52.6 Å². The lowest BCUT2D eigenvalue weighted by atomic mass is 10.0. The third kappa shape index (κ3) is 6.17. The molecule has 0 amide bonds. The molecular weight excluding hydrogens is 292 g/mol. The van der Waals surface area contributed by atoms with Gasteiger partial charge in [0.2, 0.25) is 0 Å². The molecule has 2 aliphatic rings. The van der Waals surface area contributed by atoms with Gasteiger partial charge >= 0.3 is 0 Å². The number of allylic oxidation sites excluding steroid dienone is 2. The van der Waals surface area contributed by atoms with Crippen molar-refractivity contribution in [1.82, 2.24) is 5.32 Å². The lowest BCUT2D eigenvalue weighted by molar-refractivity contribution is 0.520. The maximum atomic E-state index is 7.74. The van der Waals surface area contributed by atoms with Crippen LogP contribution in [0, 0.1) is 5.41 Å². The second kappa shape index (κ2) is 10.4. The maximum Gasteiger partial charge on any atom is 0.0424 e. The average Bonchev–Trinajstić information content (AvgIpc) is 2.71. The molecule has 3 rings (SSSR count). The molecule has 0 saturated carbocycles. The summed E-state index contributed by atoms with van der Waals surface area (Å²) in [7, 11) is 0. The number of nitrogens with one attached hydrogen (secondary N) is 2. The van der Waals surface area contributed by atoms with E-state index in [0.717, 1.165) is 21.7 Å². The Balaban J connectivity index is 0.000000253. The van der Waals surface area contributed by atoms with Crippen LogP contribution in [-0.4, -0.2) is 18.8 Å². The van der Waals surface area contributed by atoms with Crippen LogP contribution in [0.3, 0.4) is 0 Å². The molecule has 1 aromatic rings. The van der Waals surface area contributed by atoms with Gasteiger partial charge < -0.3 is 10.7 Å². The molecule has 0 aromatic heterocycles. The van der Waals surface area contributed by atoms with Crippen LogP contribution in [0.5, 0.6) is 0 Å². The van der Waals surface area contributed by atoms with Crippen LogP contribution >= 0.6 is 11.6 Å². The molecule has 1 saturated heterocycles. The van der Waals surface area contributed by atoms with Gasteiger partial charge in [-0.15, -0.1) is 0 Å². The second-order valence-corrected chi connectivity index (χ2v) is 5.60. The number of hydrogen-bond acceptors (Lipinski definition) is 2. The van der Waals surface area contributed by atoms with Crippen LogP contribution in [-0.2, 0) is 6.42 Å². The van der Waals surface area contributed by atoms with E-state index in [2.05, 4.69) is 11.9 Å². The number of piperidine rings is 1. The Kier molecular flexibility index (Phi) is 8.79. The normalized spacial score (nSPS) is 16.5. The number of benzene rings is 1. The predicted octanol–water partition coefficient (Wildman–Crippen LogP) is 5.27. The molecule has 22 heavy (non-hydrogen) atoms. The molecule has 0 spiro atoms. The number of fused-ring (bicyclic) bond motifs is 1. The summed E-state index contributed by atoms with van der Waals surface area (Å²) in [5.74, 6) is 0. The summed E-state index contributed by atoms with van der Waals surface area (Å²) in [6.45, 7) is 10.3. The molecule has 1 heterocycles. The van der Waals surface area contributed by atoms with Gasteiger partial charge in [0.15, 0.2) is 0 Å². The van der Waals surface area contributed by atoms with E-state index >= 15 is 0 Å². The van der Waals surface area contributed by atoms with E-state index in [4.69, 9.17) is 17.0 Å². The van der Waals surface area contributed by atoms with Gasteiger partial charge in [-0.25, -0.2) is 0 Å². The lowest BCUT2D eigenvalue weighted by Crippen LogP contribution is -2.21. The first-order chi connectivity index (χ1) is 10.7. The van der Waals surface area contributed by atoms with Gasteiger partial charge in [0.25, 0.3) is 0 Å². The van der Waals surface area contributed by atoms with E-state index in [1.165, 1.54) is 32.4 Å². The standard InChI is InChI=1S/C12H10ClN.C5H11N.C2H6/c1-8-2-3-9-6-11(13)5-4-10(9)7-12(8)14;1-2-4-6-5-3-1;1-2/h2-6,14H,1,7H2;6H,1-5H2;1-2H3. The summed E-state index contributed by atoms with van der Waals surface area (Å²) in [4.78, 5) is 0. The first kappa shape index (κ1) is 18.7. The van der Waals surface area contributed by atoms with Gasteiger partial charge in [-0.2, -0.15) is 0 Å². The molecular formula is C19H27ClN2. The fourth-order valence-corrected chi connectivity index (χ4v) is 2.46. The van der Waals surface area contributed by atoms with Crippen molar-refractivity contribution in [2.75, 3.05) is 13.1 Å². The first-order valence-electron chi connectivity index (χ1n) is 8.11. The van der Waals surface area contributed by atoms with Gasteiger partial charge in [-0.3, -0.25) is 0 Å². The monoisotopic (exact) mass is 318 g/mol. The van der Waals surface area contributed by atoms with Crippen molar-refractivity contribution < 1.29 is 0 Å². The molecule has 1 aromatic carbocycles. The fourth-order valence-electron chi connectivity index (χ4n) is 2.28. The Bertz CT molecular complexity index is 517. The first-order valence-corrected chi connectivity index (χ1v) is 8.48. The zero-order chi connectivity index (χ0) is 16.4. The van der Waals surface area contributed by atoms with E-state index < -0.39 is 0 Å². The van der Waals surface area contributed by atoms with E-state index in [0.29, 0.717) is 12.1 Å². The van der Waals surface area contributed by atoms with Crippen LogP contribution in [0.2, 0.25) is 5.02 Å². The summed E-state index contributed by atoms with van der Waals surface area (Å²) in [6.07, 6.45) is 8.68. The highest BCUT2D eigenvalue weighted by Crippen LogP contribution is 2.22. The summed E-state index contributed by atoms with van der Waals surface area (Å²) >= 11 is 5.89. The molecule has 0 bridgehead atoms. The topological polar surface area (TPSA) is 35.9 Å². The maximum absolute atomic E-state index is 7.74. The lowest BCUT2D eigenvalue weighted by Gasteiger charge is -2.08. The van der Waals surface area contributed by atoms with Gasteiger partial charge in [0, 0.05) is 17.2 Å². The molecule has 2 nitrogen and oxygen atoms in total. The smallest absolute Gasteiger partial charge is 0.0424 e. The highest BCUT2D eigenvalue weighted by Gasteiger charge is 2.09. The minimum absolute atomic E-state index is 0.572. The third-order valence-electron chi connectivity index (χ3n) is 3.53. The van der Waals surface area contributed by atoms with Gasteiger partial charge in [-0.05, 0) is 54.8 Å². The second-order valence-electron chi connectivity index (χ2n) is 5.17.